The molecule has 0 saturated carbocycles. The van der Waals surface area contributed by atoms with Crippen molar-refractivity contribution in [3.05, 3.63) is 0 Å². The lowest BCUT2D eigenvalue weighted by atomic mass is 10.1. The minimum Gasteiger partial charge on any atom is -0.394 e. The number of hydrogen-bond donors (Lipinski definition) is 1. The molecule has 94 valence electrons. The summed E-state index contributed by atoms with van der Waals surface area (Å²) in [6.45, 7) is 0.169. The van der Waals surface area contributed by atoms with Gasteiger partial charge in [0.2, 0.25) is 0 Å². The monoisotopic (exact) mass is 241 g/mol. The molecular weight excluding hydrogens is 227 g/mol. The van der Waals surface area contributed by atoms with E-state index in [0.717, 1.165) is 4.90 Å². The Morgan fingerprint density at radius 1 is 1.38 bits per heavy atom. The van der Waals surface area contributed by atoms with Gasteiger partial charge in [-0.15, -0.1) is 0 Å². The molecule has 0 aromatic carbocycles. The van der Waals surface area contributed by atoms with Crippen molar-refractivity contribution >= 4 is 5.91 Å². The number of hydrogen-bond acceptors (Lipinski definition) is 3. The minimum absolute atomic E-state index is 0.0500. The molecule has 1 amide bonds. The third-order valence-corrected chi connectivity index (χ3v) is 2.42. The summed E-state index contributed by atoms with van der Waals surface area (Å²) in [7, 11) is 0. The van der Waals surface area contributed by atoms with Crippen LogP contribution in [0.4, 0.5) is 13.2 Å². The molecule has 0 radical (unpaired) electrons. The van der Waals surface area contributed by atoms with Gasteiger partial charge in [-0.2, -0.15) is 13.2 Å². The molecule has 4 nitrogen and oxygen atoms in total. The van der Waals surface area contributed by atoms with Gasteiger partial charge in [-0.25, -0.2) is 0 Å². The summed E-state index contributed by atoms with van der Waals surface area (Å²) >= 11 is 0. The molecule has 0 spiro atoms. The van der Waals surface area contributed by atoms with E-state index in [1.54, 1.807) is 0 Å². The summed E-state index contributed by atoms with van der Waals surface area (Å²) < 4.78 is 41.4. The fourth-order valence-electron chi connectivity index (χ4n) is 1.62. The second-order valence-electron chi connectivity index (χ2n) is 3.58. The predicted molar refractivity (Wildman–Crippen MR) is 48.7 cm³/mol. The number of alkyl halides is 3. The minimum atomic E-state index is -4.79. The van der Waals surface area contributed by atoms with Crippen molar-refractivity contribution in [1.29, 1.82) is 0 Å². The number of ether oxygens (including phenoxy) is 1. The highest BCUT2D eigenvalue weighted by atomic mass is 19.4. The second-order valence-corrected chi connectivity index (χ2v) is 3.58. The quantitative estimate of drug-likeness (QED) is 0.785. The maximum Gasteiger partial charge on any atom is 0.471 e. The molecule has 0 unspecified atom stereocenters. The molecular formula is C9H14F3NO3. The number of carbonyl (C=O) groups excluding carboxylic acids is 1. The Bertz CT molecular complexity index is 237. The van der Waals surface area contributed by atoms with Crippen LogP contribution in [0.2, 0.25) is 0 Å². The molecule has 0 aliphatic carbocycles. The maximum atomic E-state index is 12.1. The van der Waals surface area contributed by atoms with Crippen LogP contribution >= 0.6 is 0 Å². The lowest BCUT2D eigenvalue weighted by Crippen LogP contribution is -2.46. The van der Waals surface area contributed by atoms with E-state index in [1.165, 1.54) is 0 Å². The lowest BCUT2D eigenvalue weighted by molar-refractivity contribution is -0.187. The molecule has 1 aliphatic heterocycles. The number of likely N-dealkylation sites (tertiary alicyclic amines) is 1. The topological polar surface area (TPSA) is 49.8 Å². The Kier molecular flexibility index (Phi) is 4.55. The van der Waals surface area contributed by atoms with Gasteiger partial charge in [0.1, 0.15) is 0 Å². The molecule has 7 heteroatoms. The fraction of sp³-hybridized carbons (Fsp3) is 0.889. The molecule has 0 aromatic heterocycles. The van der Waals surface area contributed by atoms with Crippen LogP contribution in [-0.4, -0.2) is 54.5 Å². The van der Waals surface area contributed by atoms with Crippen molar-refractivity contribution in [3.63, 3.8) is 0 Å². The van der Waals surface area contributed by atoms with Gasteiger partial charge in [0.25, 0.3) is 0 Å². The zero-order valence-corrected chi connectivity index (χ0v) is 8.66. The number of amides is 1. The van der Waals surface area contributed by atoms with Gasteiger partial charge in [0.05, 0.1) is 19.3 Å². The van der Waals surface area contributed by atoms with Crippen LogP contribution in [0.25, 0.3) is 0 Å². The number of halogens is 3. The largest absolute Gasteiger partial charge is 0.471 e. The first-order chi connectivity index (χ1) is 7.45. The molecule has 1 saturated heterocycles. The molecule has 1 heterocycles. The predicted octanol–water partition coefficient (Wildman–Crippen LogP) is 0.549. The molecule has 1 N–H and O–H groups in total. The highest BCUT2D eigenvalue weighted by Crippen LogP contribution is 2.22. The van der Waals surface area contributed by atoms with E-state index < -0.39 is 12.1 Å². The van der Waals surface area contributed by atoms with Crippen molar-refractivity contribution in [3.8, 4) is 0 Å². The van der Waals surface area contributed by atoms with E-state index in [2.05, 4.69) is 0 Å². The third kappa shape index (κ3) is 3.64. The molecule has 1 fully saturated rings. The molecule has 1 aliphatic rings. The van der Waals surface area contributed by atoms with Crippen LogP contribution in [-0.2, 0) is 9.53 Å². The summed E-state index contributed by atoms with van der Waals surface area (Å²) in [5.74, 6) is -1.78. The van der Waals surface area contributed by atoms with E-state index in [-0.39, 0.29) is 32.4 Å². The summed E-state index contributed by atoms with van der Waals surface area (Å²) in [6, 6.07) is 0. The zero-order valence-electron chi connectivity index (χ0n) is 8.66. The molecule has 1 rings (SSSR count). The van der Waals surface area contributed by atoms with E-state index >= 15 is 0 Å². The van der Waals surface area contributed by atoms with Gasteiger partial charge in [0.15, 0.2) is 0 Å². The maximum absolute atomic E-state index is 12.1. The van der Waals surface area contributed by atoms with Crippen molar-refractivity contribution in [1.82, 2.24) is 4.90 Å². The van der Waals surface area contributed by atoms with E-state index in [9.17, 15) is 18.0 Å². The molecule has 0 bridgehead atoms. The number of rotatable bonds is 3. The summed E-state index contributed by atoms with van der Waals surface area (Å²) in [5.41, 5.74) is 0. The third-order valence-electron chi connectivity index (χ3n) is 2.42. The SMILES string of the molecule is O=C(N1CCC(OCCO)CC1)C(F)(F)F. The smallest absolute Gasteiger partial charge is 0.394 e. The van der Waals surface area contributed by atoms with Crippen molar-refractivity contribution in [2.24, 2.45) is 0 Å². The standard InChI is InChI=1S/C9H14F3NO3/c10-9(11,12)8(15)13-3-1-7(2-4-13)16-6-5-14/h7,14H,1-6H2. The van der Waals surface area contributed by atoms with Crippen LogP contribution in [0.15, 0.2) is 0 Å². The first-order valence-corrected chi connectivity index (χ1v) is 5.03. The Morgan fingerprint density at radius 2 is 1.94 bits per heavy atom. The number of aliphatic hydroxyl groups excluding tert-OH is 1. The molecule has 0 atom stereocenters. The number of nitrogens with zero attached hydrogens (tertiary/aromatic N) is 1. The van der Waals surface area contributed by atoms with Gasteiger partial charge < -0.3 is 14.7 Å². The van der Waals surface area contributed by atoms with E-state index in [4.69, 9.17) is 9.84 Å². The van der Waals surface area contributed by atoms with Crippen LogP contribution in [0.5, 0.6) is 0 Å². The number of piperidine rings is 1. The van der Waals surface area contributed by atoms with Gasteiger partial charge in [-0.3, -0.25) is 4.79 Å². The van der Waals surface area contributed by atoms with Crippen LogP contribution in [0.3, 0.4) is 0 Å². The highest BCUT2D eigenvalue weighted by molar-refractivity contribution is 5.81. The fourth-order valence-corrected chi connectivity index (χ4v) is 1.62. The van der Waals surface area contributed by atoms with Gasteiger partial charge in [-0.1, -0.05) is 0 Å². The number of carbonyl (C=O) groups is 1. The summed E-state index contributed by atoms with van der Waals surface area (Å²) in [6.07, 6.45) is -4.20. The van der Waals surface area contributed by atoms with E-state index in [0.29, 0.717) is 12.8 Å². The Balaban J connectivity index is 2.34. The van der Waals surface area contributed by atoms with Gasteiger partial charge in [0, 0.05) is 13.1 Å². The van der Waals surface area contributed by atoms with Crippen molar-refractivity contribution in [2.75, 3.05) is 26.3 Å². The Hall–Kier alpha value is -0.820. The van der Waals surface area contributed by atoms with Crippen molar-refractivity contribution in [2.45, 2.75) is 25.1 Å². The molecule has 0 aromatic rings. The average Bonchev–Trinajstić information content (AvgIpc) is 2.25. The number of aliphatic hydroxyl groups is 1. The Morgan fingerprint density at radius 3 is 2.38 bits per heavy atom. The second kappa shape index (κ2) is 5.49. The molecule has 16 heavy (non-hydrogen) atoms. The summed E-state index contributed by atoms with van der Waals surface area (Å²) in [5, 5.41) is 8.51. The van der Waals surface area contributed by atoms with Gasteiger partial charge in [-0.05, 0) is 12.8 Å². The average molecular weight is 241 g/mol. The van der Waals surface area contributed by atoms with Crippen LogP contribution < -0.4 is 0 Å². The van der Waals surface area contributed by atoms with Crippen LogP contribution in [0.1, 0.15) is 12.8 Å². The first-order valence-electron chi connectivity index (χ1n) is 5.03. The lowest BCUT2D eigenvalue weighted by Gasteiger charge is -2.32. The zero-order chi connectivity index (χ0) is 12.2. The first kappa shape index (κ1) is 13.2. The normalized spacial score (nSPS) is 18.9. The van der Waals surface area contributed by atoms with Crippen molar-refractivity contribution < 1.29 is 27.8 Å². The van der Waals surface area contributed by atoms with Crippen LogP contribution in [0, 0.1) is 0 Å². The summed E-state index contributed by atoms with van der Waals surface area (Å²) in [4.78, 5) is 11.7. The van der Waals surface area contributed by atoms with E-state index in [1.807, 2.05) is 0 Å². The van der Waals surface area contributed by atoms with Gasteiger partial charge >= 0.3 is 12.1 Å². The Labute approximate surface area is 91.0 Å². The highest BCUT2D eigenvalue weighted by Gasteiger charge is 2.43.